The molecule has 0 aromatic carbocycles. The molecule has 0 amide bonds. The smallest absolute Gasteiger partial charge is 0.272 e. The van der Waals surface area contributed by atoms with Crippen LogP contribution in [0, 0.1) is 0 Å². The van der Waals surface area contributed by atoms with Crippen LogP contribution in [0.3, 0.4) is 0 Å². The van der Waals surface area contributed by atoms with Crippen molar-refractivity contribution in [3.05, 3.63) is 24.7 Å². The number of ether oxygens (including phenoxy) is 2. The van der Waals surface area contributed by atoms with Gasteiger partial charge in [-0.05, 0) is 19.1 Å². The van der Waals surface area contributed by atoms with E-state index in [1.807, 2.05) is 12.2 Å². The number of nitrogens with two attached hydrogens (primary N) is 1. The second-order valence-corrected chi connectivity index (χ2v) is 2.86. The van der Waals surface area contributed by atoms with Crippen LogP contribution in [-0.4, -0.2) is 18.2 Å². The van der Waals surface area contributed by atoms with Gasteiger partial charge in [-0.25, -0.2) is 0 Å². The predicted octanol–water partition coefficient (Wildman–Crippen LogP) is 0.529. The lowest BCUT2D eigenvalue weighted by Gasteiger charge is -2.22. The number of hydrogen-bond donors (Lipinski definition) is 1. The van der Waals surface area contributed by atoms with Gasteiger partial charge in [-0.2, -0.15) is 0 Å². The van der Waals surface area contributed by atoms with Crippen LogP contribution in [0.15, 0.2) is 24.7 Å². The first kappa shape index (κ1) is 6.73. The summed E-state index contributed by atoms with van der Waals surface area (Å²) in [7, 11) is 0. The van der Waals surface area contributed by atoms with Crippen LogP contribution >= 0.6 is 0 Å². The van der Waals surface area contributed by atoms with E-state index in [1.165, 1.54) is 0 Å². The van der Waals surface area contributed by atoms with E-state index < -0.39 is 0 Å². The molecule has 1 heterocycles. The minimum atomic E-state index is -0.0208. The summed E-state index contributed by atoms with van der Waals surface area (Å²) in [6.07, 6.45) is 4.83. The largest absolute Gasteiger partial charge is 0.457 e. The third-order valence-electron chi connectivity index (χ3n) is 2.01. The van der Waals surface area contributed by atoms with Crippen molar-refractivity contribution in [3.63, 3.8) is 0 Å². The fourth-order valence-corrected chi connectivity index (χ4v) is 1.45. The summed E-state index contributed by atoms with van der Waals surface area (Å²) in [4.78, 5) is 0. The molecule has 0 spiro atoms. The normalized spacial score (nSPS) is 41.2. The maximum atomic E-state index is 5.78. The second kappa shape index (κ2) is 2.27. The average Bonchev–Trinajstić information content (AvgIpc) is 2.31. The highest BCUT2D eigenvalue weighted by Crippen LogP contribution is 2.27. The molecular weight excluding hydrogens is 142 g/mol. The van der Waals surface area contributed by atoms with Gasteiger partial charge in [0, 0.05) is 6.04 Å². The van der Waals surface area contributed by atoms with E-state index in [1.54, 1.807) is 0 Å². The summed E-state index contributed by atoms with van der Waals surface area (Å²) in [5.41, 5.74) is 5.78. The van der Waals surface area contributed by atoms with E-state index >= 15 is 0 Å². The predicted molar refractivity (Wildman–Crippen MR) is 40.6 cm³/mol. The fourth-order valence-electron chi connectivity index (χ4n) is 1.45. The molecule has 3 heteroatoms. The summed E-state index contributed by atoms with van der Waals surface area (Å²) in [6.45, 7) is 3.58. The fraction of sp³-hybridized carbons (Fsp3) is 0.500. The lowest BCUT2D eigenvalue weighted by Crippen LogP contribution is -2.42. The SMILES string of the molecule is C=C1O[C@H]2[C@@H](N)CC=C[C@H]2O1. The molecule has 0 bridgehead atoms. The van der Waals surface area contributed by atoms with Gasteiger partial charge >= 0.3 is 0 Å². The molecule has 1 fully saturated rings. The van der Waals surface area contributed by atoms with Crippen LogP contribution in [0.1, 0.15) is 6.42 Å². The van der Waals surface area contributed by atoms with Crippen LogP contribution in [0.25, 0.3) is 0 Å². The van der Waals surface area contributed by atoms with Gasteiger partial charge in [0.15, 0.2) is 12.2 Å². The molecule has 0 saturated carbocycles. The van der Waals surface area contributed by atoms with E-state index in [2.05, 4.69) is 6.58 Å². The molecule has 60 valence electrons. The standard InChI is InChI=1S/C8H11NO2/c1-5-10-7-4-2-3-6(9)8(7)11-5/h2,4,6-8H,1,3,9H2/t6-,7+,8-/m0/s1. The molecule has 0 radical (unpaired) electrons. The van der Waals surface area contributed by atoms with Crippen molar-refractivity contribution in [3.8, 4) is 0 Å². The molecule has 3 atom stereocenters. The minimum absolute atomic E-state index is 0.00810. The average molecular weight is 153 g/mol. The van der Waals surface area contributed by atoms with Crippen LogP contribution in [-0.2, 0) is 9.47 Å². The first-order chi connectivity index (χ1) is 5.27. The van der Waals surface area contributed by atoms with E-state index in [4.69, 9.17) is 15.2 Å². The first-order valence-electron chi connectivity index (χ1n) is 3.72. The molecule has 2 aliphatic rings. The van der Waals surface area contributed by atoms with Crippen molar-refractivity contribution < 1.29 is 9.47 Å². The van der Waals surface area contributed by atoms with Crippen molar-refractivity contribution >= 4 is 0 Å². The van der Waals surface area contributed by atoms with Gasteiger partial charge in [0.2, 0.25) is 0 Å². The summed E-state index contributed by atoms with van der Waals surface area (Å²) in [5, 5.41) is 0. The van der Waals surface area contributed by atoms with Crippen molar-refractivity contribution in [2.24, 2.45) is 5.73 Å². The molecule has 0 aromatic rings. The van der Waals surface area contributed by atoms with Gasteiger partial charge in [-0.1, -0.05) is 6.08 Å². The zero-order chi connectivity index (χ0) is 7.84. The Morgan fingerprint density at radius 2 is 2.36 bits per heavy atom. The van der Waals surface area contributed by atoms with Crippen molar-refractivity contribution in [1.29, 1.82) is 0 Å². The van der Waals surface area contributed by atoms with E-state index in [0.717, 1.165) is 6.42 Å². The third kappa shape index (κ3) is 1.01. The zero-order valence-electron chi connectivity index (χ0n) is 6.19. The van der Waals surface area contributed by atoms with Gasteiger partial charge in [0.25, 0.3) is 5.95 Å². The Bertz CT molecular complexity index is 212. The quantitative estimate of drug-likeness (QED) is 0.516. The van der Waals surface area contributed by atoms with Crippen LogP contribution in [0.5, 0.6) is 0 Å². The molecular formula is C8H11NO2. The topological polar surface area (TPSA) is 44.5 Å². The molecule has 1 saturated heterocycles. The molecule has 11 heavy (non-hydrogen) atoms. The molecule has 0 unspecified atom stereocenters. The zero-order valence-corrected chi connectivity index (χ0v) is 6.19. The minimum Gasteiger partial charge on any atom is -0.457 e. The molecule has 0 aromatic heterocycles. The highest BCUT2D eigenvalue weighted by atomic mass is 16.7. The van der Waals surface area contributed by atoms with Crippen molar-refractivity contribution in [1.82, 2.24) is 0 Å². The summed E-state index contributed by atoms with van der Waals surface area (Å²) in [6, 6.07) is 0.0456. The molecule has 2 rings (SSSR count). The number of fused-ring (bicyclic) bond motifs is 1. The number of rotatable bonds is 0. The Morgan fingerprint density at radius 3 is 3.09 bits per heavy atom. The Kier molecular flexibility index (Phi) is 1.39. The van der Waals surface area contributed by atoms with Crippen molar-refractivity contribution in [2.75, 3.05) is 0 Å². The summed E-state index contributed by atoms with van der Waals surface area (Å²) < 4.78 is 10.5. The van der Waals surface area contributed by atoms with Gasteiger partial charge in [0.1, 0.15) is 0 Å². The van der Waals surface area contributed by atoms with Crippen LogP contribution in [0.2, 0.25) is 0 Å². The monoisotopic (exact) mass is 153 g/mol. The third-order valence-corrected chi connectivity index (χ3v) is 2.01. The van der Waals surface area contributed by atoms with E-state index in [0.29, 0.717) is 5.95 Å². The van der Waals surface area contributed by atoms with Gasteiger partial charge in [-0.15, -0.1) is 0 Å². The maximum absolute atomic E-state index is 5.78. The summed E-state index contributed by atoms with van der Waals surface area (Å²) >= 11 is 0. The summed E-state index contributed by atoms with van der Waals surface area (Å²) in [5.74, 6) is 0.391. The van der Waals surface area contributed by atoms with Gasteiger partial charge in [-0.3, -0.25) is 0 Å². The van der Waals surface area contributed by atoms with Crippen molar-refractivity contribution in [2.45, 2.75) is 24.7 Å². The molecule has 1 aliphatic heterocycles. The molecule has 1 aliphatic carbocycles. The Balaban J connectivity index is 2.19. The maximum Gasteiger partial charge on any atom is 0.272 e. The van der Waals surface area contributed by atoms with Gasteiger partial charge in [0.05, 0.1) is 0 Å². The number of hydrogen-bond acceptors (Lipinski definition) is 3. The lowest BCUT2D eigenvalue weighted by atomic mass is 9.97. The second-order valence-electron chi connectivity index (χ2n) is 2.86. The highest BCUT2D eigenvalue weighted by molar-refractivity contribution is 5.09. The van der Waals surface area contributed by atoms with Crippen LogP contribution < -0.4 is 5.73 Å². The van der Waals surface area contributed by atoms with Crippen LogP contribution in [0.4, 0.5) is 0 Å². The molecule has 3 nitrogen and oxygen atoms in total. The Hall–Kier alpha value is -0.960. The Morgan fingerprint density at radius 1 is 1.55 bits per heavy atom. The molecule has 2 N–H and O–H groups in total. The lowest BCUT2D eigenvalue weighted by molar-refractivity contribution is 0.126. The Labute approximate surface area is 65.5 Å². The highest BCUT2D eigenvalue weighted by Gasteiger charge is 2.37. The van der Waals surface area contributed by atoms with E-state index in [-0.39, 0.29) is 18.2 Å². The van der Waals surface area contributed by atoms with Gasteiger partial charge < -0.3 is 15.2 Å². The van der Waals surface area contributed by atoms with E-state index in [9.17, 15) is 0 Å². The first-order valence-corrected chi connectivity index (χ1v) is 3.72.